The van der Waals surface area contributed by atoms with Gasteiger partial charge in [0.2, 0.25) is 0 Å². The van der Waals surface area contributed by atoms with Gasteiger partial charge >= 0.3 is 5.97 Å². The fourth-order valence-corrected chi connectivity index (χ4v) is 1.55. The Morgan fingerprint density at radius 3 is 2.79 bits per heavy atom. The van der Waals surface area contributed by atoms with Gasteiger partial charge in [0.15, 0.2) is 11.5 Å². The zero-order valence-corrected chi connectivity index (χ0v) is 10.1. The van der Waals surface area contributed by atoms with Gasteiger partial charge in [-0.1, -0.05) is 6.07 Å². The maximum atomic E-state index is 13.6. The average Bonchev–Trinajstić information content (AvgIpc) is 2.36. The van der Waals surface area contributed by atoms with Gasteiger partial charge in [0.1, 0.15) is 5.82 Å². The SMILES string of the molecule is Cc1ccc(F)c(Nc2nc(C(=O)O)ccc2N)c1. The topological polar surface area (TPSA) is 88.2 Å². The minimum atomic E-state index is -1.17. The second-order valence-corrected chi connectivity index (χ2v) is 4.05. The van der Waals surface area contributed by atoms with Crippen LogP contribution < -0.4 is 11.1 Å². The van der Waals surface area contributed by atoms with Gasteiger partial charge in [-0.2, -0.15) is 0 Å². The first-order valence-corrected chi connectivity index (χ1v) is 5.50. The van der Waals surface area contributed by atoms with E-state index in [9.17, 15) is 9.18 Å². The van der Waals surface area contributed by atoms with Crippen LogP contribution in [0.15, 0.2) is 30.3 Å². The van der Waals surface area contributed by atoms with Crippen LogP contribution in [-0.2, 0) is 0 Å². The van der Waals surface area contributed by atoms with E-state index >= 15 is 0 Å². The zero-order valence-electron chi connectivity index (χ0n) is 10.1. The van der Waals surface area contributed by atoms with Gasteiger partial charge < -0.3 is 16.2 Å². The molecule has 2 rings (SSSR count). The lowest BCUT2D eigenvalue weighted by molar-refractivity contribution is 0.0690. The van der Waals surface area contributed by atoms with Crippen LogP contribution in [0, 0.1) is 12.7 Å². The monoisotopic (exact) mass is 261 g/mol. The van der Waals surface area contributed by atoms with E-state index in [2.05, 4.69) is 10.3 Å². The van der Waals surface area contributed by atoms with Crippen LogP contribution in [0.25, 0.3) is 0 Å². The number of hydrogen-bond acceptors (Lipinski definition) is 4. The predicted octanol–water partition coefficient (Wildman–Crippen LogP) is 2.55. The number of aromatic carboxylic acids is 1. The largest absolute Gasteiger partial charge is 0.477 e. The molecule has 2 aromatic rings. The van der Waals surface area contributed by atoms with Crippen LogP contribution in [0.3, 0.4) is 0 Å². The molecule has 0 spiro atoms. The first-order valence-electron chi connectivity index (χ1n) is 5.50. The third-order valence-electron chi connectivity index (χ3n) is 2.52. The lowest BCUT2D eigenvalue weighted by atomic mass is 10.2. The summed E-state index contributed by atoms with van der Waals surface area (Å²) in [4.78, 5) is 14.7. The second kappa shape index (κ2) is 4.93. The Balaban J connectivity index is 2.40. The van der Waals surface area contributed by atoms with Crippen molar-refractivity contribution in [2.45, 2.75) is 6.92 Å². The van der Waals surface area contributed by atoms with Crippen molar-refractivity contribution in [3.8, 4) is 0 Å². The molecular weight excluding hydrogens is 249 g/mol. The molecule has 6 heteroatoms. The molecule has 0 unspecified atom stereocenters. The minimum absolute atomic E-state index is 0.115. The van der Waals surface area contributed by atoms with Gasteiger partial charge in [-0.05, 0) is 36.8 Å². The summed E-state index contributed by atoms with van der Waals surface area (Å²) < 4.78 is 13.6. The number of nitrogens with one attached hydrogen (secondary N) is 1. The van der Waals surface area contributed by atoms with Crippen molar-refractivity contribution < 1.29 is 14.3 Å². The molecule has 0 aliphatic heterocycles. The molecule has 0 atom stereocenters. The van der Waals surface area contributed by atoms with Crippen molar-refractivity contribution in [1.82, 2.24) is 4.98 Å². The molecule has 0 saturated carbocycles. The maximum Gasteiger partial charge on any atom is 0.354 e. The van der Waals surface area contributed by atoms with Crippen molar-refractivity contribution in [3.05, 3.63) is 47.4 Å². The number of carboxylic acid groups (broad SMARTS) is 1. The molecule has 1 aromatic heterocycles. The summed E-state index contributed by atoms with van der Waals surface area (Å²) in [5, 5.41) is 11.6. The van der Waals surface area contributed by atoms with E-state index in [4.69, 9.17) is 10.8 Å². The third-order valence-corrected chi connectivity index (χ3v) is 2.52. The van der Waals surface area contributed by atoms with E-state index in [1.165, 1.54) is 18.2 Å². The number of nitrogen functional groups attached to an aromatic ring is 1. The van der Waals surface area contributed by atoms with Crippen molar-refractivity contribution in [2.24, 2.45) is 0 Å². The summed E-state index contributed by atoms with van der Waals surface area (Å²) in [7, 11) is 0. The highest BCUT2D eigenvalue weighted by Crippen LogP contribution is 2.24. The molecule has 0 fully saturated rings. The Morgan fingerprint density at radius 1 is 1.37 bits per heavy atom. The van der Waals surface area contributed by atoms with E-state index < -0.39 is 11.8 Å². The molecule has 98 valence electrons. The van der Waals surface area contributed by atoms with E-state index in [0.29, 0.717) is 0 Å². The number of hydrogen-bond donors (Lipinski definition) is 3. The van der Waals surface area contributed by atoms with Crippen molar-refractivity contribution in [1.29, 1.82) is 0 Å². The molecule has 1 aromatic carbocycles. The van der Waals surface area contributed by atoms with Gasteiger partial charge in [-0.3, -0.25) is 0 Å². The smallest absolute Gasteiger partial charge is 0.354 e. The Hall–Kier alpha value is -2.63. The lowest BCUT2D eigenvalue weighted by Crippen LogP contribution is -2.06. The summed E-state index contributed by atoms with van der Waals surface area (Å²) in [5.74, 6) is -1.52. The number of carbonyl (C=O) groups is 1. The van der Waals surface area contributed by atoms with Gasteiger partial charge in [0, 0.05) is 0 Å². The highest BCUT2D eigenvalue weighted by Gasteiger charge is 2.10. The number of aryl methyl sites for hydroxylation is 1. The van der Waals surface area contributed by atoms with Gasteiger partial charge in [0.05, 0.1) is 11.4 Å². The zero-order chi connectivity index (χ0) is 14.0. The van der Waals surface area contributed by atoms with Crippen molar-refractivity contribution >= 4 is 23.2 Å². The summed E-state index contributed by atoms with van der Waals surface area (Å²) >= 11 is 0. The number of nitrogens with two attached hydrogens (primary N) is 1. The molecule has 0 bridgehead atoms. The molecule has 0 amide bonds. The summed E-state index contributed by atoms with van der Waals surface area (Å²) in [6.07, 6.45) is 0. The number of halogens is 1. The summed E-state index contributed by atoms with van der Waals surface area (Å²) in [6.45, 7) is 1.81. The van der Waals surface area contributed by atoms with Crippen LogP contribution in [0.1, 0.15) is 16.1 Å². The number of carboxylic acids is 1. The van der Waals surface area contributed by atoms with Crippen molar-refractivity contribution in [3.63, 3.8) is 0 Å². The number of anilines is 3. The fourth-order valence-electron chi connectivity index (χ4n) is 1.55. The van der Waals surface area contributed by atoms with Crippen LogP contribution in [-0.4, -0.2) is 16.1 Å². The Kier molecular flexibility index (Phi) is 3.33. The molecule has 0 aliphatic rings. The average molecular weight is 261 g/mol. The molecule has 19 heavy (non-hydrogen) atoms. The standard InChI is InChI=1S/C13H12FN3O2/c1-7-2-3-8(14)11(6-7)17-12-9(15)4-5-10(16-12)13(18)19/h2-6H,15H2,1H3,(H,16,17)(H,18,19). The fraction of sp³-hybridized carbons (Fsp3) is 0.0769. The first-order chi connectivity index (χ1) is 8.97. The van der Waals surface area contributed by atoms with Crippen LogP contribution in [0.5, 0.6) is 0 Å². The summed E-state index contributed by atoms with van der Waals surface area (Å²) in [5.41, 5.74) is 6.82. The minimum Gasteiger partial charge on any atom is -0.477 e. The van der Waals surface area contributed by atoms with Crippen LogP contribution in [0.2, 0.25) is 0 Å². The number of nitrogens with zero attached hydrogens (tertiary/aromatic N) is 1. The van der Waals surface area contributed by atoms with E-state index in [0.717, 1.165) is 5.56 Å². The maximum absolute atomic E-state index is 13.6. The molecular formula is C13H12FN3O2. The first kappa shape index (κ1) is 12.8. The molecule has 5 nitrogen and oxygen atoms in total. The normalized spacial score (nSPS) is 10.2. The van der Waals surface area contributed by atoms with Crippen LogP contribution >= 0.6 is 0 Å². The van der Waals surface area contributed by atoms with Crippen molar-refractivity contribution in [2.75, 3.05) is 11.1 Å². The highest BCUT2D eigenvalue weighted by atomic mass is 19.1. The quantitative estimate of drug-likeness (QED) is 0.790. The second-order valence-electron chi connectivity index (χ2n) is 4.05. The third kappa shape index (κ3) is 2.79. The Morgan fingerprint density at radius 2 is 2.11 bits per heavy atom. The number of benzene rings is 1. The predicted molar refractivity (Wildman–Crippen MR) is 70.0 cm³/mol. The Labute approximate surface area is 108 Å². The lowest BCUT2D eigenvalue weighted by Gasteiger charge is -2.10. The van der Waals surface area contributed by atoms with Crippen LogP contribution in [0.4, 0.5) is 21.6 Å². The molecule has 0 saturated heterocycles. The van der Waals surface area contributed by atoms with E-state index in [1.807, 2.05) is 6.92 Å². The van der Waals surface area contributed by atoms with E-state index in [-0.39, 0.29) is 22.9 Å². The van der Waals surface area contributed by atoms with Gasteiger partial charge in [-0.15, -0.1) is 0 Å². The number of aromatic nitrogens is 1. The summed E-state index contributed by atoms with van der Waals surface area (Å²) in [6, 6.07) is 7.23. The number of pyridine rings is 1. The van der Waals surface area contributed by atoms with Gasteiger partial charge in [0.25, 0.3) is 0 Å². The van der Waals surface area contributed by atoms with Gasteiger partial charge in [-0.25, -0.2) is 14.2 Å². The van der Waals surface area contributed by atoms with E-state index in [1.54, 1.807) is 12.1 Å². The number of rotatable bonds is 3. The molecule has 1 heterocycles. The Bertz CT molecular complexity index is 644. The molecule has 4 N–H and O–H groups in total. The molecule has 0 aliphatic carbocycles. The molecule has 0 radical (unpaired) electrons. The highest BCUT2D eigenvalue weighted by molar-refractivity contribution is 5.87.